The van der Waals surface area contributed by atoms with E-state index in [0.717, 1.165) is 0 Å². The predicted octanol–water partition coefficient (Wildman–Crippen LogP) is 3.90. The fourth-order valence-corrected chi connectivity index (χ4v) is 2.18. The summed E-state index contributed by atoms with van der Waals surface area (Å²) in [5.74, 6) is -0.578. The van der Waals surface area contributed by atoms with Crippen LogP contribution in [0, 0.1) is 11.6 Å². The summed E-state index contributed by atoms with van der Waals surface area (Å²) in [4.78, 5) is 13.9. The van der Waals surface area contributed by atoms with Gasteiger partial charge in [0.25, 0.3) is 5.91 Å². The van der Waals surface area contributed by atoms with Gasteiger partial charge in [0.05, 0.1) is 12.2 Å². The van der Waals surface area contributed by atoms with Gasteiger partial charge in [-0.1, -0.05) is 12.1 Å². The van der Waals surface area contributed by atoms with Gasteiger partial charge in [0.1, 0.15) is 17.4 Å². The summed E-state index contributed by atoms with van der Waals surface area (Å²) in [6.45, 7) is 3.20. The molecule has 0 aliphatic carbocycles. The average Bonchev–Trinajstić information content (AvgIpc) is 2.56. The fourth-order valence-electron chi connectivity index (χ4n) is 2.18. The molecule has 0 atom stereocenters. The van der Waals surface area contributed by atoms with Gasteiger partial charge >= 0.3 is 0 Å². The van der Waals surface area contributed by atoms with Crippen molar-refractivity contribution in [2.24, 2.45) is 0 Å². The number of nitrogens with zero attached hydrogens (tertiary/aromatic N) is 1. The molecular formula is C18H19F2NO2. The lowest BCUT2D eigenvalue weighted by Crippen LogP contribution is -2.33. The van der Waals surface area contributed by atoms with Gasteiger partial charge in [0.2, 0.25) is 0 Å². The Labute approximate surface area is 134 Å². The fraction of sp³-hybridized carbons (Fsp3) is 0.278. The maximum atomic E-state index is 13.7. The van der Waals surface area contributed by atoms with Crippen molar-refractivity contribution < 1.29 is 18.3 Å². The number of benzene rings is 2. The summed E-state index contributed by atoms with van der Waals surface area (Å²) >= 11 is 0. The Kier molecular flexibility index (Phi) is 6.09. The van der Waals surface area contributed by atoms with Crippen molar-refractivity contribution in [2.45, 2.75) is 13.3 Å². The van der Waals surface area contributed by atoms with Gasteiger partial charge in [-0.2, -0.15) is 0 Å². The Morgan fingerprint density at radius 1 is 1.09 bits per heavy atom. The first-order valence-electron chi connectivity index (χ1n) is 7.54. The first kappa shape index (κ1) is 16.9. The van der Waals surface area contributed by atoms with Crippen molar-refractivity contribution in [3.8, 4) is 5.75 Å². The highest BCUT2D eigenvalue weighted by Crippen LogP contribution is 2.12. The second-order valence-electron chi connectivity index (χ2n) is 5.02. The number of amides is 1. The maximum Gasteiger partial charge on any atom is 0.256 e. The number of hydrogen-bond acceptors (Lipinski definition) is 2. The molecule has 0 heterocycles. The van der Waals surface area contributed by atoms with Crippen molar-refractivity contribution in [2.75, 3.05) is 19.7 Å². The van der Waals surface area contributed by atoms with Gasteiger partial charge in [0, 0.05) is 13.1 Å². The predicted molar refractivity (Wildman–Crippen MR) is 84.5 cm³/mol. The van der Waals surface area contributed by atoms with Gasteiger partial charge in [-0.25, -0.2) is 8.78 Å². The zero-order valence-corrected chi connectivity index (χ0v) is 13.0. The third-order valence-electron chi connectivity index (χ3n) is 3.43. The minimum atomic E-state index is -0.515. The van der Waals surface area contributed by atoms with Crippen LogP contribution in [-0.2, 0) is 0 Å². The number of hydrogen-bond donors (Lipinski definition) is 0. The molecule has 0 aliphatic rings. The minimum absolute atomic E-state index is 0.0776. The van der Waals surface area contributed by atoms with Crippen molar-refractivity contribution in [1.82, 2.24) is 4.90 Å². The number of ether oxygens (including phenoxy) is 1. The number of halogens is 2. The van der Waals surface area contributed by atoms with Crippen LogP contribution in [0.15, 0.2) is 48.5 Å². The Hall–Kier alpha value is -2.43. The lowest BCUT2D eigenvalue weighted by molar-refractivity contribution is 0.0751. The summed E-state index contributed by atoms with van der Waals surface area (Å²) in [5, 5.41) is 0. The number of carbonyl (C=O) groups is 1. The molecule has 2 rings (SSSR count). The molecule has 0 bridgehead atoms. The van der Waals surface area contributed by atoms with Gasteiger partial charge in [0.15, 0.2) is 0 Å². The molecule has 0 saturated carbocycles. The van der Waals surface area contributed by atoms with E-state index in [-0.39, 0.29) is 17.3 Å². The molecule has 23 heavy (non-hydrogen) atoms. The summed E-state index contributed by atoms with van der Waals surface area (Å²) in [5.41, 5.74) is 0.0776. The molecule has 0 radical (unpaired) electrons. The van der Waals surface area contributed by atoms with Gasteiger partial charge < -0.3 is 9.64 Å². The van der Waals surface area contributed by atoms with Crippen LogP contribution in [0.2, 0.25) is 0 Å². The zero-order chi connectivity index (χ0) is 16.7. The molecule has 0 unspecified atom stereocenters. The first-order chi connectivity index (χ1) is 11.1. The molecule has 0 spiro atoms. The van der Waals surface area contributed by atoms with Crippen LogP contribution in [-0.4, -0.2) is 30.5 Å². The quantitative estimate of drug-likeness (QED) is 0.725. The Bertz CT molecular complexity index is 644. The highest BCUT2D eigenvalue weighted by Gasteiger charge is 2.17. The normalized spacial score (nSPS) is 10.4. The summed E-state index contributed by atoms with van der Waals surface area (Å²) in [6, 6.07) is 11.7. The highest BCUT2D eigenvalue weighted by atomic mass is 19.1. The van der Waals surface area contributed by atoms with E-state index in [2.05, 4.69) is 0 Å². The molecule has 0 aromatic heterocycles. The lowest BCUT2D eigenvalue weighted by Gasteiger charge is -2.21. The SMILES string of the molecule is CCN(CCCOc1ccc(F)cc1)C(=O)c1ccccc1F. The van der Waals surface area contributed by atoms with Crippen LogP contribution in [0.1, 0.15) is 23.7 Å². The van der Waals surface area contributed by atoms with Crippen molar-refractivity contribution >= 4 is 5.91 Å². The van der Waals surface area contributed by atoms with Crippen LogP contribution in [0.25, 0.3) is 0 Å². The smallest absolute Gasteiger partial charge is 0.256 e. The molecule has 0 saturated heterocycles. The van der Waals surface area contributed by atoms with Gasteiger partial charge in [-0.3, -0.25) is 4.79 Å². The van der Waals surface area contributed by atoms with E-state index in [1.807, 2.05) is 6.92 Å². The van der Waals surface area contributed by atoms with E-state index in [4.69, 9.17) is 4.74 Å². The van der Waals surface area contributed by atoms with Gasteiger partial charge in [-0.15, -0.1) is 0 Å². The Balaban J connectivity index is 1.84. The standard InChI is InChI=1S/C18H19F2NO2/c1-2-21(18(22)16-6-3-4-7-17(16)20)12-5-13-23-15-10-8-14(19)9-11-15/h3-4,6-11H,2,5,12-13H2,1H3. The highest BCUT2D eigenvalue weighted by molar-refractivity contribution is 5.94. The molecule has 2 aromatic rings. The molecule has 2 aromatic carbocycles. The van der Waals surface area contributed by atoms with E-state index >= 15 is 0 Å². The maximum absolute atomic E-state index is 13.7. The number of rotatable bonds is 7. The topological polar surface area (TPSA) is 29.5 Å². The summed E-state index contributed by atoms with van der Waals surface area (Å²) in [7, 11) is 0. The second kappa shape index (κ2) is 8.27. The molecule has 0 fully saturated rings. The molecule has 122 valence electrons. The third kappa shape index (κ3) is 4.77. The third-order valence-corrected chi connectivity index (χ3v) is 3.43. The first-order valence-corrected chi connectivity index (χ1v) is 7.54. The number of carbonyl (C=O) groups excluding carboxylic acids is 1. The minimum Gasteiger partial charge on any atom is -0.494 e. The lowest BCUT2D eigenvalue weighted by atomic mass is 10.2. The average molecular weight is 319 g/mol. The van der Waals surface area contributed by atoms with Crippen molar-refractivity contribution in [3.63, 3.8) is 0 Å². The van der Waals surface area contributed by atoms with E-state index in [9.17, 15) is 13.6 Å². The van der Waals surface area contributed by atoms with Crippen LogP contribution >= 0.6 is 0 Å². The zero-order valence-electron chi connectivity index (χ0n) is 13.0. The Morgan fingerprint density at radius 2 is 1.78 bits per heavy atom. The van der Waals surface area contributed by atoms with Crippen LogP contribution in [0.5, 0.6) is 5.75 Å². The largest absolute Gasteiger partial charge is 0.494 e. The molecule has 3 nitrogen and oxygen atoms in total. The van der Waals surface area contributed by atoms with Crippen LogP contribution < -0.4 is 4.74 Å². The van der Waals surface area contributed by atoms with Crippen molar-refractivity contribution in [1.29, 1.82) is 0 Å². The molecular weight excluding hydrogens is 300 g/mol. The molecule has 0 aliphatic heterocycles. The molecule has 5 heteroatoms. The van der Waals surface area contributed by atoms with E-state index in [0.29, 0.717) is 31.9 Å². The van der Waals surface area contributed by atoms with Gasteiger partial charge in [-0.05, 0) is 49.7 Å². The van der Waals surface area contributed by atoms with E-state index < -0.39 is 5.82 Å². The van der Waals surface area contributed by atoms with Crippen LogP contribution in [0.3, 0.4) is 0 Å². The molecule has 0 N–H and O–H groups in total. The van der Waals surface area contributed by atoms with Crippen LogP contribution in [0.4, 0.5) is 8.78 Å². The Morgan fingerprint density at radius 3 is 2.43 bits per heavy atom. The monoisotopic (exact) mass is 319 g/mol. The van der Waals surface area contributed by atoms with E-state index in [1.165, 1.54) is 24.3 Å². The van der Waals surface area contributed by atoms with Crippen molar-refractivity contribution in [3.05, 3.63) is 65.7 Å². The summed E-state index contributed by atoms with van der Waals surface area (Å²) in [6.07, 6.45) is 0.603. The summed E-state index contributed by atoms with van der Waals surface area (Å²) < 4.78 is 31.9. The molecule has 1 amide bonds. The second-order valence-corrected chi connectivity index (χ2v) is 5.02. The van der Waals surface area contributed by atoms with E-state index in [1.54, 1.807) is 29.2 Å².